The van der Waals surface area contributed by atoms with Gasteiger partial charge in [0.15, 0.2) is 0 Å². The standard InChI is InChI=1S/C14H21BrN2O2/c1-3-16-9(2)11-5-4-10(6-12(11)15)17-7-13(18)14(19)8-17/h4-6,9,13-14,16,18-19H,3,7-8H2,1-2H3. The summed E-state index contributed by atoms with van der Waals surface area (Å²) >= 11 is 3.60. The predicted octanol–water partition coefficient (Wildman–Crippen LogP) is 1.66. The number of nitrogens with zero attached hydrogens (tertiary/aromatic N) is 1. The van der Waals surface area contributed by atoms with Crippen LogP contribution in [0.2, 0.25) is 0 Å². The Morgan fingerprint density at radius 1 is 1.37 bits per heavy atom. The highest BCUT2D eigenvalue weighted by Gasteiger charge is 2.29. The van der Waals surface area contributed by atoms with Gasteiger partial charge in [-0.15, -0.1) is 0 Å². The van der Waals surface area contributed by atoms with Crippen LogP contribution in [-0.2, 0) is 0 Å². The maximum atomic E-state index is 9.60. The smallest absolute Gasteiger partial charge is 0.0990 e. The molecule has 0 saturated carbocycles. The molecule has 1 heterocycles. The van der Waals surface area contributed by atoms with Gasteiger partial charge in [0.2, 0.25) is 0 Å². The molecule has 0 bridgehead atoms. The molecule has 0 amide bonds. The average molecular weight is 329 g/mol. The molecule has 5 heteroatoms. The summed E-state index contributed by atoms with van der Waals surface area (Å²) in [5.74, 6) is 0. The summed E-state index contributed by atoms with van der Waals surface area (Å²) in [4.78, 5) is 2.00. The second-order valence-electron chi connectivity index (χ2n) is 5.02. The Kier molecular flexibility index (Phi) is 4.84. The summed E-state index contributed by atoms with van der Waals surface area (Å²) in [6.45, 7) is 6.11. The van der Waals surface area contributed by atoms with Gasteiger partial charge in [-0.05, 0) is 31.2 Å². The summed E-state index contributed by atoms with van der Waals surface area (Å²) in [5.41, 5.74) is 2.24. The van der Waals surface area contributed by atoms with E-state index < -0.39 is 12.2 Å². The molecular weight excluding hydrogens is 308 g/mol. The second kappa shape index (κ2) is 6.22. The lowest BCUT2D eigenvalue weighted by Gasteiger charge is -2.21. The van der Waals surface area contributed by atoms with Crippen molar-refractivity contribution in [2.75, 3.05) is 24.5 Å². The molecule has 0 aromatic heterocycles. The minimum atomic E-state index is -0.654. The average Bonchev–Trinajstić information content (AvgIpc) is 2.69. The van der Waals surface area contributed by atoms with Gasteiger partial charge in [-0.25, -0.2) is 0 Å². The third-order valence-electron chi connectivity index (χ3n) is 3.59. The monoisotopic (exact) mass is 328 g/mol. The van der Waals surface area contributed by atoms with Crippen molar-refractivity contribution in [1.29, 1.82) is 0 Å². The van der Waals surface area contributed by atoms with Gasteiger partial charge in [0.25, 0.3) is 0 Å². The van der Waals surface area contributed by atoms with Crippen LogP contribution in [0, 0.1) is 0 Å². The number of rotatable bonds is 4. The Hall–Kier alpha value is -0.620. The van der Waals surface area contributed by atoms with E-state index in [4.69, 9.17) is 0 Å². The number of aliphatic hydroxyl groups excluding tert-OH is 2. The number of hydrogen-bond donors (Lipinski definition) is 3. The number of β-amino-alcohol motifs (C(OH)–C–C–N with tert-alkyl or cyclic N) is 2. The van der Waals surface area contributed by atoms with Crippen molar-refractivity contribution in [3.63, 3.8) is 0 Å². The molecule has 0 radical (unpaired) electrons. The summed E-state index contributed by atoms with van der Waals surface area (Å²) in [6.07, 6.45) is -1.31. The van der Waals surface area contributed by atoms with Crippen molar-refractivity contribution < 1.29 is 10.2 Å². The number of hydrogen-bond acceptors (Lipinski definition) is 4. The third-order valence-corrected chi connectivity index (χ3v) is 4.27. The van der Waals surface area contributed by atoms with Crippen LogP contribution in [0.1, 0.15) is 25.5 Å². The van der Waals surface area contributed by atoms with Crippen LogP contribution in [0.3, 0.4) is 0 Å². The topological polar surface area (TPSA) is 55.7 Å². The molecule has 1 aliphatic heterocycles. The molecule has 3 N–H and O–H groups in total. The summed E-state index contributed by atoms with van der Waals surface area (Å²) in [7, 11) is 0. The normalized spacial score (nSPS) is 24.8. The van der Waals surface area contributed by atoms with Crippen molar-refractivity contribution in [3.05, 3.63) is 28.2 Å². The highest BCUT2D eigenvalue weighted by atomic mass is 79.9. The molecular formula is C14H21BrN2O2. The van der Waals surface area contributed by atoms with Gasteiger partial charge in [-0.1, -0.05) is 28.9 Å². The molecule has 1 aliphatic rings. The van der Waals surface area contributed by atoms with Crippen LogP contribution >= 0.6 is 15.9 Å². The van der Waals surface area contributed by atoms with Gasteiger partial charge in [0.1, 0.15) is 0 Å². The van der Waals surface area contributed by atoms with Crippen LogP contribution < -0.4 is 10.2 Å². The van der Waals surface area contributed by atoms with Gasteiger partial charge in [0, 0.05) is 29.3 Å². The Morgan fingerprint density at radius 2 is 2.00 bits per heavy atom. The van der Waals surface area contributed by atoms with E-state index in [0.29, 0.717) is 19.1 Å². The lowest BCUT2D eigenvalue weighted by molar-refractivity contribution is 0.0572. The van der Waals surface area contributed by atoms with Crippen molar-refractivity contribution >= 4 is 21.6 Å². The van der Waals surface area contributed by atoms with E-state index in [2.05, 4.69) is 41.2 Å². The fourth-order valence-corrected chi connectivity index (χ4v) is 3.17. The largest absolute Gasteiger partial charge is 0.389 e. The van der Waals surface area contributed by atoms with Gasteiger partial charge >= 0.3 is 0 Å². The molecule has 1 fully saturated rings. The maximum absolute atomic E-state index is 9.60. The number of aliphatic hydroxyl groups is 2. The Balaban J connectivity index is 2.15. The molecule has 3 atom stereocenters. The summed E-state index contributed by atoms with van der Waals surface area (Å²) in [6, 6.07) is 6.47. The molecule has 1 aromatic carbocycles. The number of nitrogens with one attached hydrogen (secondary N) is 1. The van der Waals surface area contributed by atoms with E-state index in [1.54, 1.807) is 0 Å². The zero-order chi connectivity index (χ0) is 14.0. The molecule has 2 rings (SSSR count). The first kappa shape index (κ1) is 14.8. The van der Waals surface area contributed by atoms with E-state index in [1.807, 2.05) is 17.0 Å². The van der Waals surface area contributed by atoms with Crippen LogP contribution in [-0.4, -0.2) is 42.1 Å². The lowest BCUT2D eigenvalue weighted by Crippen LogP contribution is -2.22. The first-order valence-corrected chi connectivity index (χ1v) is 7.46. The van der Waals surface area contributed by atoms with Gasteiger partial charge in [-0.3, -0.25) is 0 Å². The fourth-order valence-electron chi connectivity index (χ4n) is 2.46. The molecule has 0 aliphatic carbocycles. The maximum Gasteiger partial charge on any atom is 0.0990 e. The number of anilines is 1. The van der Waals surface area contributed by atoms with Crippen molar-refractivity contribution in [1.82, 2.24) is 5.32 Å². The predicted molar refractivity (Wildman–Crippen MR) is 80.5 cm³/mol. The van der Waals surface area contributed by atoms with Crippen molar-refractivity contribution in [3.8, 4) is 0 Å². The van der Waals surface area contributed by atoms with Crippen molar-refractivity contribution in [2.45, 2.75) is 32.1 Å². The minimum Gasteiger partial charge on any atom is -0.389 e. The van der Waals surface area contributed by atoms with Crippen LogP contribution in [0.15, 0.2) is 22.7 Å². The molecule has 19 heavy (non-hydrogen) atoms. The first-order valence-electron chi connectivity index (χ1n) is 6.66. The second-order valence-corrected chi connectivity index (χ2v) is 5.88. The number of benzene rings is 1. The molecule has 106 valence electrons. The molecule has 3 unspecified atom stereocenters. The van der Waals surface area contributed by atoms with Gasteiger partial charge in [0.05, 0.1) is 12.2 Å². The Labute approximate surface area is 122 Å². The quantitative estimate of drug-likeness (QED) is 0.786. The van der Waals surface area contributed by atoms with Crippen LogP contribution in [0.4, 0.5) is 5.69 Å². The molecule has 4 nitrogen and oxygen atoms in total. The highest BCUT2D eigenvalue weighted by Crippen LogP contribution is 2.30. The van der Waals surface area contributed by atoms with Crippen molar-refractivity contribution in [2.24, 2.45) is 0 Å². The fraction of sp³-hybridized carbons (Fsp3) is 0.571. The van der Waals surface area contributed by atoms with E-state index in [0.717, 1.165) is 16.7 Å². The van der Waals surface area contributed by atoms with Gasteiger partial charge in [-0.2, -0.15) is 0 Å². The van der Waals surface area contributed by atoms with E-state index in [9.17, 15) is 10.2 Å². The number of halogens is 1. The Morgan fingerprint density at radius 3 is 2.53 bits per heavy atom. The summed E-state index contributed by atoms with van der Waals surface area (Å²) < 4.78 is 1.05. The van der Waals surface area contributed by atoms with E-state index in [-0.39, 0.29) is 0 Å². The first-order chi connectivity index (χ1) is 9.02. The zero-order valence-corrected chi connectivity index (χ0v) is 12.9. The minimum absolute atomic E-state index is 0.295. The summed E-state index contributed by atoms with van der Waals surface area (Å²) in [5, 5.41) is 22.6. The lowest BCUT2D eigenvalue weighted by atomic mass is 10.1. The van der Waals surface area contributed by atoms with Gasteiger partial charge < -0.3 is 20.4 Å². The zero-order valence-electron chi connectivity index (χ0n) is 11.3. The molecule has 1 saturated heterocycles. The SMILES string of the molecule is CCNC(C)c1ccc(N2CC(O)C(O)C2)cc1Br. The van der Waals surface area contributed by atoms with Crippen LogP contribution in [0.25, 0.3) is 0 Å². The van der Waals surface area contributed by atoms with E-state index in [1.165, 1.54) is 5.56 Å². The Bertz CT molecular complexity index is 431. The van der Waals surface area contributed by atoms with E-state index >= 15 is 0 Å². The molecule has 1 aromatic rings. The third kappa shape index (κ3) is 3.28. The van der Waals surface area contributed by atoms with Crippen LogP contribution in [0.5, 0.6) is 0 Å². The molecule has 0 spiro atoms. The highest BCUT2D eigenvalue weighted by molar-refractivity contribution is 9.10.